The number of carbonyl (C=O) groups is 1. The van der Waals surface area contributed by atoms with E-state index in [1.54, 1.807) is 0 Å². The lowest BCUT2D eigenvalue weighted by Crippen LogP contribution is -2.28. The lowest BCUT2D eigenvalue weighted by molar-refractivity contribution is -0.307. The average molecular weight is 281 g/mol. The molecule has 0 spiro atoms. The Balaban J connectivity index is 2.27. The van der Waals surface area contributed by atoms with Crippen LogP contribution in [0.3, 0.4) is 0 Å². The summed E-state index contributed by atoms with van der Waals surface area (Å²) >= 11 is 0. The van der Waals surface area contributed by atoms with E-state index in [1.165, 1.54) is 24.3 Å². The summed E-state index contributed by atoms with van der Waals surface area (Å²) in [5.41, 5.74) is 0.539. The van der Waals surface area contributed by atoms with Crippen molar-refractivity contribution in [3.63, 3.8) is 0 Å². The number of hydrogen-bond donors (Lipinski definition) is 0. The van der Waals surface area contributed by atoms with Crippen LogP contribution in [0.4, 0.5) is 0 Å². The number of aromatic nitrogens is 4. The minimum absolute atomic E-state index is 0.179. The monoisotopic (exact) mass is 281 g/mol. The van der Waals surface area contributed by atoms with Crippen LogP contribution in [-0.2, 0) is 21.2 Å². The Labute approximate surface area is 108 Å². The molecule has 0 aliphatic heterocycles. The van der Waals surface area contributed by atoms with Crippen molar-refractivity contribution >= 4 is 15.8 Å². The number of benzene rings is 1. The van der Waals surface area contributed by atoms with E-state index in [1.807, 2.05) is 0 Å². The molecule has 1 heterocycles. The fourth-order valence-corrected chi connectivity index (χ4v) is 2.02. The molecular formula is C10H9N4O4S-. The molecule has 0 aliphatic rings. The number of tetrazole rings is 1. The number of nitrogens with zero attached hydrogens (tertiary/aromatic N) is 4. The number of carbonyl (C=O) groups excluding carboxylic acids is 1. The van der Waals surface area contributed by atoms with Crippen molar-refractivity contribution in [2.75, 3.05) is 6.26 Å². The maximum absolute atomic E-state index is 11.3. The van der Waals surface area contributed by atoms with E-state index in [4.69, 9.17) is 0 Å². The van der Waals surface area contributed by atoms with Crippen LogP contribution < -0.4 is 5.11 Å². The Morgan fingerprint density at radius 2 is 1.95 bits per heavy atom. The van der Waals surface area contributed by atoms with Crippen molar-refractivity contribution in [1.29, 1.82) is 0 Å². The van der Waals surface area contributed by atoms with Gasteiger partial charge in [-0.25, -0.2) is 8.42 Å². The molecule has 100 valence electrons. The highest BCUT2D eigenvalue weighted by Gasteiger charge is 2.09. The zero-order valence-corrected chi connectivity index (χ0v) is 10.7. The SMILES string of the molecule is CS(=O)(=O)c1ccc(-c2nnn(CC(=O)[O-])n2)cc1. The van der Waals surface area contributed by atoms with Gasteiger partial charge in [0.05, 0.1) is 10.9 Å². The summed E-state index contributed by atoms with van der Waals surface area (Å²) < 4.78 is 22.6. The molecular weight excluding hydrogens is 272 g/mol. The second kappa shape index (κ2) is 4.76. The van der Waals surface area contributed by atoms with Crippen LogP contribution >= 0.6 is 0 Å². The molecule has 0 radical (unpaired) electrons. The Morgan fingerprint density at radius 3 is 2.47 bits per heavy atom. The normalized spacial score (nSPS) is 11.4. The van der Waals surface area contributed by atoms with Gasteiger partial charge in [-0.15, -0.1) is 10.2 Å². The topological polar surface area (TPSA) is 118 Å². The number of carboxylic acid groups (broad SMARTS) is 1. The third-order valence-electron chi connectivity index (χ3n) is 2.26. The van der Waals surface area contributed by atoms with Crippen LogP contribution in [0.15, 0.2) is 29.2 Å². The molecule has 0 atom stereocenters. The molecule has 8 nitrogen and oxygen atoms in total. The van der Waals surface area contributed by atoms with Gasteiger partial charge >= 0.3 is 0 Å². The molecule has 0 fully saturated rings. The molecule has 1 aromatic carbocycles. The summed E-state index contributed by atoms with van der Waals surface area (Å²) in [5.74, 6) is -1.11. The van der Waals surface area contributed by atoms with Gasteiger partial charge in [-0.05, 0) is 29.5 Å². The van der Waals surface area contributed by atoms with Crippen LogP contribution in [0.2, 0.25) is 0 Å². The summed E-state index contributed by atoms with van der Waals surface area (Å²) in [5, 5.41) is 21.4. The summed E-state index contributed by atoms with van der Waals surface area (Å²) in [6.07, 6.45) is 1.11. The first-order chi connectivity index (χ1) is 8.86. The molecule has 0 N–H and O–H groups in total. The summed E-state index contributed by atoms with van der Waals surface area (Å²) in [6.45, 7) is -0.492. The summed E-state index contributed by atoms with van der Waals surface area (Å²) in [4.78, 5) is 11.4. The molecule has 2 aromatic rings. The molecule has 1 aromatic heterocycles. The maximum Gasteiger partial charge on any atom is 0.204 e. The average Bonchev–Trinajstić information content (AvgIpc) is 2.75. The predicted molar refractivity (Wildman–Crippen MR) is 61.4 cm³/mol. The van der Waals surface area contributed by atoms with Crippen molar-refractivity contribution in [3.8, 4) is 11.4 Å². The van der Waals surface area contributed by atoms with E-state index in [-0.39, 0.29) is 10.7 Å². The molecule has 0 saturated carbocycles. The zero-order valence-electron chi connectivity index (χ0n) is 9.85. The number of sulfone groups is 1. The predicted octanol–water partition coefficient (Wildman–Crippen LogP) is -1.51. The highest BCUT2D eigenvalue weighted by Crippen LogP contribution is 2.17. The molecule has 0 saturated heterocycles. The standard InChI is InChI=1S/C10H10N4O4S/c1-19(17,18)8-4-2-7(3-5-8)10-11-13-14(12-10)6-9(15)16/h2-5H,6H2,1H3,(H,15,16)/p-1. The van der Waals surface area contributed by atoms with E-state index in [0.717, 1.165) is 11.1 Å². The number of hydrogen-bond acceptors (Lipinski definition) is 7. The fraction of sp³-hybridized carbons (Fsp3) is 0.200. The van der Waals surface area contributed by atoms with Crippen molar-refractivity contribution in [1.82, 2.24) is 20.2 Å². The van der Waals surface area contributed by atoms with Gasteiger partial charge in [0.15, 0.2) is 9.84 Å². The quantitative estimate of drug-likeness (QED) is 0.668. The van der Waals surface area contributed by atoms with Gasteiger partial charge in [-0.2, -0.15) is 4.80 Å². The minimum Gasteiger partial charge on any atom is -0.548 e. The molecule has 0 unspecified atom stereocenters. The van der Waals surface area contributed by atoms with Crippen molar-refractivity contribution < 1.29 is 18.3 Å². The second-order valence-corrected chi connectivity index (χ2v) is 5.83. The van der Waals surface area contributed by atoms with Gasteiger partial charge in [0.2, 0.25) is 5.82 Å². The Kier molecular flexibility index (Phi) is 3.30. The third kappa shape index (κ3) is 3.13. The van der Waals surface area contributed by atoms with E-state index in [0.29, 0.717) is 5.56 Å². The smallest absolute Gasteiger partial charge is 0.204 e. The molecule has 0 aliphatic carbocycles. The Morgan fingerprint density at radius 1 is 1.32 bits per heavy atom. The fourth-order valence-electron chi connectivity index (χ4n) is 1.39. The van der Waals surface area contributed by atoms with Crippen molar-refractivity contribution in [2.24, 2.45) is 0 Å². The first-order valence-corrected chi connectivity index (χ1v) is 7.03. The lowest BCUT2D eigenvalue weighted by Gasteiger charge is -1.99. The molecule has 0 bridgehead atoms. The highest BCUT2D eigenvalue weighted by molar-refractivity contribution is 7.90. The van der Waals surface area contributed by atoms with Crippen LogP contribution in [0.5, 0.6) is 0 Å². The number of rotatable bonds is 4. The highest BCUT2D eigenvalue weighted by atomic mass is 32.2. The van der Waals surface area contributed by atoms with E-state index >= 15 is 0 Å². The van der Waals surface area contributed by atoms with Gasteiger partial charge in [0, 0.05) is 11.8 Å². The van der Waals surface area contributed by atoms with Crippen LogP contribution in [0, 0.1) is 0 Å². The Bertz CT molecular complexity index is 705. The van der Waals surface area contributed by atoms with Crippen LogP contribution in [0.25, 0.3) is 11.4 Å². The molecule has 2 rings (SSSR count). The lowest BCUT2D eigenvalue weighted by atomic mass is 10.2. The largest absolute Gasteiger partial charge is 0.548 e. The van der Waals surface area contributed by atoms with Gasteiger partial charge in [-0.3, -0.25) is 0 Å². The van der Waals surface area contributed by atoms with Crippen LogP contribution in [0.1, 0.15) is 0 Å². The first-order valence-electron chi connectivity index (χ1n) is 5.14. The summed E-state index contributed by atoms with van der Waals surface area (Å²) in [7, 11) is -3.26. The summed E-state index contributed by atoms with van der Waals surface area (Å²) in [6, 6.07) is 5.89. The molecule has 0 amide bonds. The maximum atomic E-state index is 11.3. The first kappa shape index (κ1) is 13.1. The van der Waals surface area contributed by atoms with E-state index < -0.39 is 22.4 Å². The third-order valence-corrected chi connectivity index (χ3v) is 3.39. The number of carboxylic acids is 1. The second-order valence-electron chi connectivity index (χ2n) is 3.81. The van der Waals surface area contributed by atoms with Gasteiger partial charge in [0.25, 0.3) is 0 Å². The number of aliphatic carboxylic acids is 1. The van der Waals surface area contributed by atoms with Gasteiger partial charge in [0.1, 0.15) is 6.54 Å². The zero-order chi connectivity index (χ0) is 14.0. The van der Waals surface area contributed by atoms with Gasteiger partial charge < -0.3 is 9.90 Å². The van der Waals surface area contributed by atoms with Gasteiger partial charge in [-0.1, -0.05) is 0 Å². The molecule has 9 heteroatoms. The van der Waals surface area contributed by atoms with Crippen molar-refractivity contribution in [2.45, 2.75) is 11.4 Å². The minimum atomic E-state index is -3.26. The van der Waals surface area contributed by atoms with E-state index in [2.05, 4.69) is 15.4 Å². The van der Waals surface area contributed by atoms with E-state index in [9.17, 15) is 18.3 Å². The van der Waals surface area contributed by atoms with Crippen LogP contribution in [-0.4, -0.2) is 40.9 Å². The Hall–Kier alpha value is -2.29. The van der Waals surface area contributed by atoms with Crippen molar-refractivity contribution in [3.05, 3.63) is 24.3 Å². The molecule has 19 heavy (non-hydrogen) atoms.